The molecule has 4 radical (unpaired) electrons. The molecule has 0 spiro atoms. The van der Waals surface area contributed by atoms with E-state index < -0.39 is 0 Å². The fraction of sp³-hybridized carbons (Fsp3) is 0. The molecule has 0 nitrogen and oxygen atoms in total. The smallest absolute Gasteiger partial charge is 0.0879 e. The van der Waals surface area contributed by atoms with Crippen LogP contribution in [0.5, 0.6) is 0 Å². The number of hydrogen-bond donors (Lipinski definition) is 0. The number of fused-ring (bicyclic) bond motifs is 1. The van der Waals surface area contributed by atoms with Crippen molar-refractivity contribution in [2.75, 3.05) is 0 Å². The highest BCUT2D eigenvalue weighted by Crippen LogP contribution is 2.21. The van der Waals surface area contributed by atoms with Crippen LogP contribution in [-0.2, 0) is 0 Å². The molecule has 0 saturated heterocycles. The van der Waals surface area contributed by atoms with E-state index in [1.54, 1.807) is 0 Å². The molecular weight excluding hydrogens is 396 g/mol. The van der Waals surface area contributed by atoms with Crippen molar-refractivity contribution in [1.82, 2.24) is 0 Å². The molecule has 0 N–H and O–H groups in total. The maximum atomic E-state index is 5.93. The highest BCUT2D eigenvalue weighted by Gasteiger charge is 2.06. The van der Waals surface area contributed by atoms with E-state index in [0.29, 0.717) is 0 Å². The molecule has 0 amide bonds. The Labute approximate surface area is 113 Å². The normalized spacial score (nSPS) is 10.7. The lowest BCUT2D eigenvalue weighted by Crippen LogP contribution is -2.13. The lowest BCUT2D eigenvalue weighted by molar-refractivity contribution is 1.73. The Morgan fingerprint density at radius 1 is 0.714 bits per heavy atom. The molecule has 0 heterocycles. The van der Waals surface area contributed by atoms with Gasteiger partial charge in [0.05, 0.1) is 0 Å². The third kappa shape index (κ3) is 1.71. The summed E-state index contributed by atoms with van der Waals surface area (Å²) < 4.78 is 2.28. The Kier molecular flexibility index (Phi) is 3.12. The van der Waals surface area contributed by atoms with E-state index in [1.807, 2.05) is 24.3 Å². The van der Waals surface area contributed by atoms with Crippen molar-refractivity contribution in [3.05, 3.63) is 31.4 Å². The summed E-state index contributed by atoms with van der Waals surface area (Å²) in [5.41, 5.74) is 1.58. The molecule has 0 saturated carbocycles. The van der Waals surface area contributed by atoms with E-state index in [0.717, 1.165) is 28.8 Å². The summed E-state index contributed by atoms with van der Waals surface area (Å²) in [6.45, 7) is 0. The van der Waals surface area contributed by atoms with E-state index in [1.165, 1.54) is 0 Å². The van der Waals surface area contributed by atoms with E-state index in [4.69, 9.17) is 15.7 Å². The third-order valence-corrected chi connectivity index (χ3v) is 3.92. The molecule has 0 bridgehead atoms. The first-order valence-corrected chi connectivity index (χ1v) is 6.18. The maximum absolute atomic E-state index is 5.93. The van der Waals surface area contributed by atoms with Crippen LogP contribution >= 0.6 is 45.2 Å². The van der Waals surface area contributed by atoms with Crippen LogP contribution < -0.4 is 10.9 Å². The Morgan fingerprint density at radius 2 is 1.07 bits per heavy atom. The molecular formula is C10H4B2I2. The average Bonchev–Trinajstić information content (AvgIpc) is 2.16. The number of benzene rings is 2. The van der Waals surface area contributed by atoms with Gasteiger partial charge < -0.3 is 0 Å². The predicted molar refractivity (Wildman–Crippen MR) is 80.2 cm³/mol. The van der Waals surface area contributed by atoms with Gasteiger partial charge in [-0.05, 0) is 68.1 Å². The number of hydrogen-bond acceptors (Lipinski definition) is 0. The van der Waals surface area contributed by atoms with Crippen molar-refractivity contribution in [3.63, 3.8) is 0 Å². The van der Waals surface area contributed by atoms with Crippen LogP contribution in [0.4, 0.5) is 0 Å². The summed E-state index contributed by atoms with van der Waals surface area (Å²) in [6, 6.07) is 7.83. The predicted octanol–water partition coefficient (Wildman–Crippen LogP) is 1.64. The lowest BCUT2D eigenvalue weighted by atomic mass is 9.84. The molecule has 0 unspecified atom stereocenters. The quantitative estimate of drug-likeness (QED) is 0.467. The van der Waals surface area contributed by atoms with Gasteiger partial charge >= 0.3 is 0 Å². The van der Waals surface area contributed by atoms with Crippen molar-refractivity contribution in [3.8, 4) is 0 Å². The highest BCUT2D eigenvalue weighted by molar-refractivity contribution is 14.1. The first-order chi connectivity index (χ1) is 6.61. The van der Waals surface area contributed by atoms with Gasteiger partial charge in [0.2, 0.25) is 0 Å². The molecule has 14 heavy (non-hydrogen) atoms. The van der Waals surface area contributed by atoms with Crippen LogP contribution in [0.2, 0.25) is 0 Å². The monoisotopic (exact) mass is 400 g/mol. The average molecular weight is 400 g/mol. The van der Waals surface area contributed by atoms with Gasteiger partial charge in [0.1, 0.15) is 15.7 Å². The summed E-state index contributed by atoms with van der Waals surface area (Å²) in [5.74, 6) is 0. The largest absolute Gasteiger partial charge is 0.114 e. The Hall–Kier alpha value is 0.290. The highest BCUT2D eigenvalue weighted by atomic mass is 127. The van der Waals surface area contributed by atoms with Crippen molar-refractivity contribution in [2.24, 2.45) is 0 Å². The molecule has 2 aromatic carbocycles. The molecule has 2 aromatic rings. The van der Waals surface area contributed by atoms with Gasteiger partial charge in [-0.2, -0.15) is 0 Å². The minimum absolute atomic E-state index is 0.789. The van der Waals surface area contributed by atoms with E-state index in [-0.39, 0.29) is 0 Å². The van der Waals surface area contributed by atoms with Gasteiger partial charge in [-0.3, -0.25) is 0 Å². The molecule has 64 valence electrons. The molecule has 0 atom stereocenters. The van der Waals surface area contributed by atoms with E-state index in [9.17, 15) is 0 Å². The summed E-state index contributed by atoms with van der Waals surface area (Å²) >= 11 is 4.56. The van der Waals surface area contributed by atoms with Crippen LogP contribution in [0.3, 0.4) is 0 Å². The van der Waals surface area contributed by atoms with Crippen LogP contribution in [0.25, 0.3) is 10.8 Å². The molecule has 0 fully saturated rings. The zero-order valence-electron chi connectivity index (χ0n) is 7.22. The van der Waals surface area contributed by atoms with Crippen molar-refractivity contribution < 1.29 is 0 Å². The topological polar surface area (TPSA) is 0 Å². The summed E-state index contributed by atoms with van der Waals surface area (Å²) in [5, 5.41) is 2.13. The zero-order valence-corrected chi connectivity index (χ0v) is 11.5. The summed E-state index contributed by atoms with van der Waals surface area (Å²) in [4.78, 5) is 0. The SMILES string of the molecule is [B]c1ccc(I)c2c([B])ccc(I)c12. The fourth-order valence-electron chi connectivity index (χ4n) is 1.46. The fourth-order valence-corrected chi connectivity index (χ4v) is 2.98. The second-order valence-electron chi connectivity index (χ2n) is 3.02. The van der Waals surface area contributed by atoms with Crippen LogP contribution in [0.1, 0.15) is 0 Å². The first kappa shape index (κ1) is 10.8. The second-order valence-corrected chi connectivity index (χ2v) is 5.35. The first-order valence-electron chi connectivity index (χ1n) is 4.03. The molecule has 4 heteroatoms. The van der Waals surface area contributed by atoms with Gasteiger partial charge in [0, 0.05) is 7.14 Å². The Bertz CT molecular complexity index is 420. The standard InChI is InChI=1S/C10H4B2I2/c11-5-1-3-7(13)10-6(12)2-4-8(14)9(5)10/h1-4H. The second kappa shape index (κ2) is 4.04. The van der Waals surface area contributed by atoms with Gasteiger partial charge in [-0.15, -0.1) is 0 Å². The molecule has 0 aliphatic heterocycles. The lowest BCUT2D eigenvalue weighted by Gasteiger charge is -2.10. The van der Waals surface area contributed by atoms with E-state index >= 15 is 0 Å². The van der Waals surface area contributed by atoms with Crippen molar-refractivity contribution >= 4 is 82.6 Å². The summed E-state index contributed by atoms with van der Waals surface area (Å²) in [7, 11) is 11.9. The van der Waals surface area contributed by atoms with Gasteiger partial charge in [-0.1, -0.05) is 23.1 Å². The van der Waals surface area contributed by atoms with Crippen molar-refractivity contribution in [2.45, 2.75) is 0 Å². The van der Waals surface area contributed by atoms with Gasteiger partial charge in [0.15, 0.2) is 0 Å². The van der Waals surface area contributed by atoms with E-state index in [2.05, 4.69) is 45.2 Å². The number of rotatable bonds is 0. The minimum Gasteiger partial charge on any atom is -0.0879 e. The third-order valence-electron chi connectivity index (χ3n) is 2.12. The van der Waals surface area contributed by atoms with Crippen LogP contribution in [0.15, 0.2) is 24.3 Å². The molecule has 2 rings (SSSR count). The Morgan fingerprint density at radius 3 is 1.43 bits per heavy atom. The van der Waals surface area contributed by atoms with Crippen molar-refractivity contribution in [1.29, 1.82) is 0 Å². The minimum atomic E-state index is 0.789. The summed E-state index contributed by atoms with van der Waals surface area (Å²) in [6.07, 6.45) is 0. The van der Waals surface area contributed by atoms with Gasteiger partial charge in [-0.25, -0.2) is 0 Å². The molecule has 0 aromatic heterocycles. The van der Waals surface area contributed by atoms with Crippen LogP contribution in [-0.4, -0.2) is 15.7 Å². The number of halogens is 2. The van der Waals surface area contributed by atoms with Gasteiger partial charge in [0.25, 0.3) is 0 Å². The van der Waals surface area contributed by atoms with Crippen LogP contribution in [0, 0.1) is 7.14 Å². The molecule has 0 aliphatic rings. The Balaban J connectivity index is 3.05. The zero-order chi connectivity index (χ0) is 10.3. The molecule has 0 aliphatic carbocycles. The maximum Gasteiger partial charge on any atom is 0.114 e.